The Bertz CT molecular complexity index is 1420. The van der Waals surface area contributed by atoms with Gasteiger partial charge in [0.1, 0.15) is 0 Å². The number of anilines is 1. The summed E-state index contributed by atoms with van der Waals surface area (Å²) in [5, 5.41) is 0. The van der Waals surface area contributed by atoms with Gasteiger partial charge in [-0.05, 0) is 39.0 Å². The molecule has 1 saturated heterocycles. The highest BCUT2D eigenvalue weighted by Crippen LogP contribution is 2.46. The number of para-hydroxylation sites is 1. The number of fused-ring (bicyclic) bond motifs is 2. The van der Waals surface area contributed by atoms with Crippen molar-refractivity contribution in [3.05, 3.63) is 63.7 Å². The zero-order valence-electron chi connectivity index (χ0n) is 19.8. The maximum absolute atomic E-state index is 13.7. The molecule has 0 spiro atoms. The Morgan fingerprint density at radius 2 is 1.94 bits per heavy atom. The van der Waals surface area contributed by atoms with Crippen molar-refractivity contribution in [1.82, 2.24) is 14.5 Å². The summed E-state index contributed by atoms with van der Waals surface area (Å²) in [6, 6.07) is 9.66. The summed E-state index contributed by atoms with van der Waals surface area (Å²) >= 11 is 0. The van der Waals surface area contributed by atoms with Crippen LogP contribution in [0, 0.1) is 6.57 Å². The van der Waals surface area contributed by atoms with Gasteiger partial charge in [-0.1, -0.05) is 18.7 Å². The van der Waals surface area contributed by atoms with Crippen molar-refractivity contribution >= 4 is 22.5 Å². The second-order valence-electron chi connectivity index (χ2n) is 9.14. The quantitative estimate of drug-likeness (QED) is 0.515. The van der Waals surface area contributed by atoms with Gasteiger partial charge in [-0.2, -0.15) is 0 Å². The fourth-order valence-electron chi connectivity index (χ4n) is 5.11. The molecule has 5 rings (SSSR count). The summed E-state index contributed by atoms with van der Waals surface area (Å²) in [6.07, 6.45) is -3.67. The SMILES string of the molecule is [C-]#[N+]c1ccc2c(n1)c(N1C[C@@H](C)N(C(C)c3cccc4c3OC(F)(F)O4)C[C@@H]1C)cc(=O)n2C. The molecule has 182 valence electrons. The average molecular weight is 482 g/mol. The summed E-state index contributed by atoms with van der Waals surface area (Å²) in [5.41, 5.74) is 2.44. The van der Waals surface area contributed by atoms with Crippen molar-refractivity contribution in [2.45, 2.75) is 45.2 Å². The van der Waals surface area contributed by atoms with Crippen LogP contribution in [-0.4, -0.2) is 45.9 Å². The molecule has 10 heteroatoms. The standard InChI is InChI=1S/C25H25F2N5O3/c1-14-13-32(19-11-22(33)30(5)18-9-10-21(28-4)29-23(18)19)15(2)12-31(14)16(3)17-7-6-8-20-24(17)35-25(26,27)34-20/h6-11,14-16H,12-13H2,1-3,5H3/t14-,15+,16?/m1/s1. The summed E-state index contributed by atoms with van der Waals surface area (Å²) < 4.78 is 38.4. The van der Waals surface area contributed by atoms with Gasteiger partial charge in [0.05, 0.1) is 11.2 Å². The normalized spacial score (nSPS) is 22.3. The summed E-state index contributed by atoms with van der Waals surface area (Å²) in [4.78, 5) is 25.0. The molecule has 3 atom stereocenters. The number of benzene rings is 1. The van der Waals surface area contributed by atoms with Gasteiger partial charge in [0.15, 0.2) is 11.5 Å². The number of piperazine rings is 1. The predicted octanol–water partition coefficient (Wildman–Crippen LogP) is 4.47. The van der Waals surface area contributed by atoms with Crippen LogP contribution in [0.2, 0.25) is 0 Å². The van der Waals surface area contributed by atoms with Crippen molar-refractivity contribution in [1.29, 1.82) is 0 Å². The van der Waals surface area contributed by atoms with Gasteiger partial charge in [0.25, 0.3) is 11.4 Å². The van der Waals surface area contributed by atoms with Gasteiger partial charge in [-0.15, -0.1) is 13.8 Å². The lowest BCUT2D eigenvalue weighted by atomic mass is 9.99. The molecule has 0 bridgehead atoms. The molecule has 3 aromatic rings. The minimum Gasteiger partial charge on any atom is -0.395 e. The highest BCUT2D eigenvalue weighted by atomic mass is 19.3. The number of hydrogen-bond donors (Lipinski definition) is 0. The van der Waals surface area contributed by atoms with E-state index in [0.29, 0.717) is 35.4 Å². The molecule has 0 saturated carbocycles. The lowest BCUT2D eigenvalue weighted by molar-refractivity contribution is -0.287. The third-order valence-electron chi connectivity index (χ3n) is 6.92. The summed E-state index contributed by atoms with van der Waals surface area (Å²) in [7, 11) is 1.69. The minimum atomic E-state index is -3.67. The number of rotatable bonds is 3. The first-order valence-corrected chi connectivity index (χ1v) is 11.4. The molecule has 2 aliphatic heterocycles. The van der Waals surface area contributed by atoms with E-state index in [1.807, 2.05) is 6.92 Å². The second kappa shape index (κ2) is 8.20. The van der Waals surface area contributed by atoms with E-state index in [9.17, 15) is 13.6 Å². The summed E-state index contributed by atoms with van der Waals surface area (Å²) in [5.74, 6) is 0.370. The largest absolute Gasteiger partial charge is 0.586 e. The van der Waals surface area contributed by atoms with E-state index in [1.54, 1.807) is 37.4 Å². The molecule has 0 radical (unpaired) electrons. The van der Waals surface area contributed by atoms with Crippen LogP contribution in [0.1, 0.15) is 32.4 Å². The van der Waals surface area contributed by atoms with E-state index < -0.39 is 6.29 Å². The lowest BCUT2D eigenvalue weighted by Crippen LogP contribution is -2.57. The molecule has 1 unspecified atom stereocenters. The van der Waals surface area contributed by atoms with E-state index in [2.05, 4.69) is 38.2 Å². The number of aryl methyl sites for hydroxylation is 1. The van der Waals surface area contributed by atoms with Gasteiger partial charge >= 0.3 is 6.29 Å². The summed E-state index contributed by atoms with van der Waals surface area (Å²) in [6.45, 7) is 14.6. The molecular formula is C25H25F2N5O3. The van der Waals surface area contributed by atoms with Crippen molar-refractivity contribution in [3.8, 4) is 11.5 Å². The molecule has 0 amide bonds. The molecule has 1 fully saturated rings. The second-order valence-corrected chi connectivity index (χ2v) is 9.14. The zero-order valence-corrected chi connectivity index (χ0v) is 19.8. The van der Waals surface area contributed by atoms with Gasteiger partial charge in [-0.25, -0.2) is 0 Å². The molecule has 0 N–H and O–H groups in total. The Kier molecular flexibility index (Phi) is 5.40. The van der Waals surface area contributed by atoms with Crippen LogP contribution in [0.4, 0.5) is 20.3 Å². The topological polar surface area (TPSA) is 64.2 Å². The molecule has 8 nitrogen and oxygen atoms in total. The number of halogens is 2. The Labute approximate surface area is 201 Å². The molecule has 2 aliphatic rings. The van der Waals surface area contributed by atoms with Gasteiger partial charge in [0.2, 0.25) is 5.52 Å². The predicted molar refractivity (Wildman–Crippen MR) is 127 cm³/mol. The van der Waals surface area contributed by atoms with Crippen LogP contribution < -0.4 is 19.9 Å². The molecule has 35 heavy (non-hydrogen) atoms. The highest BCUT2D eigenvalue weighted by Gasteiger charge is 2.45. The van der Waals surface area contributed by atoms with Gasteiger partial charge in [-0.3, -0.25) is 9.69 Å². The van der Waals surface area contributed by atoms with Gasteiger partial charge in [0, 0.05) is 49.9 Å². The van der Waals surface area contributed by atoms with Gasteiger partial charge < -0.3 is 23.8 Å². The van der Waals surface area contributed by atoms with Crippen LogP contribution in [0.15, 0.2) is 41.2 Å². The first kappa shape index (κ1) is 23.1. The van der Waals surface area contributed by atoms with E-state index in [1.165, 1.54) is 10.6 Å². The first-order chi connectivity index (χ1) is 16.6. The van der Waals surface area contributed by atoms with Crippen molar-refractivity contribution < 1.29 is 18.3 Å². The van der Waals surface area contributed by atoms with Crippen molar-refractivity contribution in [2.75, 3.05) is 18.0 Å². The van der Waals surface area contributed by atoms with E-state index in [0.717, 1.165) is 0 Å². The number of ether oxygens (including phenoxy) is 2. The maximum Gasteiger partial charge on any atom is 0.586 e. The number of hydrogen-bond acceptors (Lipinski definition) is 6. The van der Waals surface area contributed by atoms with Crippen molar-refractivity contribution in [3.63, 3.8) is 0 Å². The number of alkyl halides is 2. The number of aromatic nitrogens is 2. The Balaban J connectivity index is 1.48. The van der Waals surface area contributed by atoms with E-state index >= 15 is 0 Å². The van der Waals surface area contributed by atoms with Crippen LogP contribution in [0.5, 0.6) is 11.5 Å². The maximum atomic E-state index is 13.7. The Morgan fingerprint density at radius 3 is 2.69 bits per heavy atom. The zero-order chi connectivity index (χ0) is 25.1. The molecule has 1 aromatic carbocycles. The fourth-order valence-corrected chi connectivity index (χ4v) is 5.11. The molecule has 2 aromatic heterocycles. The number of pyridine rings is 2. The third kappa shape index (κ3) is 3.86. The molecule has 0 aliphatic carbocycles. The third-order valence-corrected chi connectivity index (χ3v) is 6.92. The minimum absolute atomic E-state index is 0.0160. The Morgan fingerprint density at radius 1 is 1.17 bits per heavy atom. The average Bonchev–Trinajstić information content (AvgIpc) is 3.15. The highest BCUT2D eigenvalue weighted by molar-refractivity contribution is 5.89. The molecular weight excluding hydrogens is 456 g/mol. The van der Waals surface area contributed by atoms with E-state index in [-0.39, 0.29) is 41.0 Å². The monoisotopic (exact) mass is 481 g/mol. The van der Waals surface area contributed by atoms with Crippen LogP contribution in [0.25, 0.3) is 15.9 Å². The Hall–Kier alpha value is -3.71. The van der Waals surface area contributed by atoms with Crippen LogP contribution in [-0.2, 0) is 7.05 Å². The van der Waals surface area contributed by atoms with Crippen LogP contribution in [0.3, 0.4) is 0 Å². The van der Waals surface area contributed by atoms with E-state index in [4.69, 9.17) is 11.3 Å². The molecule has 4 heterocycles. The van der Waals surface area contributed by atoms with Crippen molar-refractivity contribution in [2.24, 2.45) is 7.05 Å². The fraction of sp³-hybridized carbons (Fsp3) is 0.400. The smallest absolute Gasteiger partial charge is 0.395 e. The lowest BCUT2D eigenvalue weighted by Gasteiger charge is -2.47. The first-order valence-electron chi connectivity index (χ1n) is 11.4. The van der Waals surface area contributed by atoms with Crippen LogP contribution >= 0.6 is 0 Å². The number of nitrogens with zero attached hydrogens (tertiary/aromatic N) is 5.